The van der Waals surface area contributed by atoms with E-state index in [1.54, 1.807) is 30.3 Å². The zero-order valence-electron chi connectivity index (χ0n) is 15.4. The molecule has 6 nitrogen and oxygen atoms in total. The molecule has 0 N–H and O–H groups in total. The first-order valence-corrected chi connectivity index (χ1v) is 9.21. The van der Waals surface area contributed by atoms with Gasteiger partial charge in [-0.1, -0.05) is 23.9 Å². The van der Waals surface area contributed by atoms with Gasteiger partial charge >= 0.3 is 5.97 Å². The van der Waals surface area contributed by atoms with Crippen molar-refractivity contribution in [3.63, 3.8) is 0 Å². The van der Waals surface area contributed by atoms with E-state index in [1.807, 2.05) is 0 Å². The Balaban J connectivity index is 2.13. The molecule has 1 heterocycles. The summed E-state index contributed by atoms with van der Waals surface area (Å²) in [6.45, 7) is 0. The molecule has 0 atom stereocenters. The van der Waals surface area contributed by atoms with Gasteiger partial charge in [0.25, 0.3) is 0 Å². The number of nitriles is 1. The zero-order chi connectivity index (χ0) is 21.1. The number of nitrogens with zero attached hydrogens (tertiary/aromatic N) is 2. The summed E-state index contributed by atoms with van der Waals surface area (Å²) in [6, 6.07) is 10.4. The van der Waals surface area contributed by atoms with Crippen LogP contribution in [0.2, 0.25) is 0 Å². The van der Waals surface area contributed by atoms with Gasteiger partial charge in [-0.2, -0.15) is 5.26 Å². The lowest BCUT2D eigenvalue weighted by Gasteiger charge is -2.20. The molecule has 1 amide bonds. The normalized spacial score (nSPS) is 15.1. The van der Waals surface area contributed by atoms with Gasteiger partial charge in [0.15, 0.2) is 17.2 Å². The van der Waals surface area contributed by atoms with Crippen molar-refractivity contribution >= 4 is 29.3 Å². The van der Waals surface area contributed by atoms with Crippen LogP contribution >= 0.6 is 11.8 Å². The van der Waals surface area contributed by atoms with E-state index in [0.29, 0.717) is 16.2 Å². The van der Waals surface area contributed by atoms with Gasteiger partial charge in [-0.25, -0.2) is 13.6 Å². The van der Waals surface area contributed by atoms with Gasteiger partial charge in [-0.05, 0) is 35.4 Å². The van der Waals surface area contributed by atoms with Crippen LogP contribution in [-0.2, 0) is 14.3 Å². The van der Waals surface area contributed by atoms with Crippen LogP contribution in [0.1, 0.15) is 0 Å². The summed E-state index contributed by atoms with van der Waals surface area (Å²) in [5.41, 5.74) is -0.405. The van der Waals surface area contributed by atoms with Gasteiger partial charge in [0.1, 0.15) is 22.5 Å². The number of carbonyl (C=O) groups is 2. The Labute approximate surface area is 169 Å². The van der Waals surface area contributed by atoms with Gasteiger partial charge in [-0.3, -0.25) is 9.69 Å². The zero-order valence-corrected chi connectivity index (χ0v) is 16.2. The second-order valence-corrected chi connectivity index (χ2v) is 6.79. The lowest BCUT2D eigenvalue weighted by Crippen LogP contribution is -2.27. The number of ether oxygens (including phenoxy) is 2. The van der Waals surface area contributed by atoms with Crippen LogP contribution in [0.25, 0.3) is 11.1 Å². The molecule has 0 spiro atoms. The quantitative estimate of drug-likeness (QED) is 0.430. The number of esters is 1. The van der Waals surface area contributed by atoms with E-state index in [4.69, 9.17) is 4.74 Å². The molecule has 0 bridgehead atoms. The van der Waals surface area contributed by atoms with Crippen LogP contribution in [-0.4, -0.2) is 31.8 Å². The summed E-state index contributed by atoms with van der Waals surface area (Å²) in [4.78, 5) is 24.9. The number of hydrogen-bond donors (Lipinski definition) is 0. The molecule has 0 aromatic heterocycles. The standard InChI is InChI=1S/C20H14F2N2O4S/c1-27-13-5-3-4-11(6-13)12-7-15(21)18(16(22)8-12)24-17(25)10-29-19(24)14(9-23)20(26)28-2/h3-8H,10H2,1-2H3. The molecule has 0 saturated carbocycles. The molecular weight excluding hydrogens is 402 g/mol. The monoisotopic (exact) mass is 416 g/mol. The third-order valence-electron chi connectivity index (χ3n) is 4.14. The molecule has 2 aromatic rings. The number of carbonyl (C=O) groups excluding carboxylic acids is 2. The number of amides is 1. The second kappa shape index (κ2) is 8.32. The maximum Gasteiger partial charge on any atom is 0.351 e. The van der Waals surface area contributed by atoms with Gasteiger partial charge in [0.05, 0.1) is 20.0 Å². The molecule has 2 aromatic carbocycles. The van der Waals surface area contributed by atoms with Gasteiger partial charge in [0, 0.05) is 0 Å². The molecule has 1 aliphatic rings. The van der Waals surface area contributed by atoms with Crippen molar-refractivity contribution in [3.05, 3.63) is 58.6 Å². The maximum absolute atomic E-state index is 14.9. The van der Waals surface area contributed by atoms with Gasteiger partial charge < -0.3 is 9.47 Å². The molecular formula is C20H14F2N2O4S. The van der Waals surface area contributed by atoms with Crippen molar-refractivity contribution in [3.8, 4) is 22.9 Å². The van der Waals surface area contributed by atoms with Crippen LogP contribution in [0.15, 0.2) is 47.0 Å². The highest BCUT2D eigenvalue weighted by molar-refractivity contribution is 8.04. The topological polar surface area (TPSA) is 79.6 Å². The summed E-state index contributed by atoms with van der Waals surface area (Å²) in [6.07, 6.45) is 0. The van der Waals surface area contributed by atoms with Crippen molar-refractivity contribution < 1.29 is 27.8 Å². The van der Waals surface area contributed by atoms with E-state index in [9.17, 15) is 23.6 Å². The van der Waals surface area contributed by atoms with E-state index >= 15 is 0 Å². The fraction of sp³-hybridized carbons (Fsp3) is 0.150. The first kappa shape index (κ1) is 20.4. The minimum absolute atomic E-state index is 0.170. The lowest BCUT2D eigenvalue weighted by molar-refractivity contribution is -0.135. The number of rotatable bonds is 4. The van der Waals surface area contributed by atoms with E-state index in [1.165, 1.54) is 7.11 Å². The fourth-order valence-electron chi connectivity index (χ4n) is 2.81. The number of methoxy groups -OCH3 is 2. The molecule has 1 saturated heterocycles. The minimum Gasteiger partial charge on any atom is -0.497 e. The highest BCUT2D eigenvalue weighted by Gasteiger charge is 2.36. The number of hydrogen-bond acceptors (Lipinski definition) is 6. The van der Waals surface area contributed by atoms with Crippen LogP contribution in [0.5, 0.6) is 5.75 Å². The van der Waals surface area contributed by atoms with Crippen molar-refractivity contribution in [2.24, 2.45) is 0 Å². The first-order chi connectivity index (χ1) is 13.9. The Hall–Kier alpha value is -3.38. The maximum atomic E-state index is 14.9. The number of halogens is 2. The number of thioether (sulfide) groups is 1. The van der Waals surface area contributed by atoms with Crippen LogP contribution < -0.4 is 9.64 Å². The van der Waals surface area contributed by atoms with Crippen molar-refractivity contribution in [1.82, 2.24) is 0 Å². The number of anilines is 1. The molecule has 0 unspecified atom stereocenters. The summed E-state index contributed by atoms with van der Waals surface area (Å²) < 4.78 is 39.5. The highest BCUT2D eigenvalue weighted by atomic mass is 32.2. The largest absolute Gasteiger partial charge is 0.497 e. The molecule has 29 heavy (non-hydrogen) atoms. The Morgan fingerprint density at radius 3 is 2.45 bits per heavy atom. The smallest absolute Gasteiger partial charge is 0.351 e. The van der Waals surface area contributed by atoms with E-state index in [0.717, 1.165) is 31.0 Å². The third-order valence-corrected chi connectivity index (χ3v) is 5.20. The molecule has 9 heteroatoms. The molecule has 1 fully saturated rings. The van der Waals surface area contributed by atoms with Gasteiger partial charge in [0.2, 0.25) is 5.91 Å². The number of benzene rings is 2. The van der Waals surface area contributed by atoms with Crippen LogP contribution in [0.3, 0.4) is 0 Å². The summed E-state index contributed by atoms with van der Waals surface area (Å²) >= 11 is 0.836. The lowest BCUT2D eigenvalue weighted by atomic mass is 10.0. The predicted octanol–water partition coefficient (Wildman–Crippen LogP) is 3.63. The Morgan fingerprint density at radius 1 is 1.17 bits per heavy atom. The second-order valence-electron chi connectivity index (χ2n) is 5.82. The summed E-state index contributed by atoms with van der Waals surface area (Å²) in [7, 11) is 2.54. The van der Waals surface area contributed by atoms with E-state index in [2.05, 4.69) is 4.74 Å². The minimum atomic E-state index is -1.02. The van der Waals surface area contributed by atoms with Crippen molar-refractivity contribution in [2.45, 2.75) is 0 Å². The average Bonchev–Trinajstić information content (AvgIpc) is 3.09. The van der Waals surface area contributed by atoms with Crippen LogP contribution in [0, 0.1) is 23.0 Å². The Bertz CT molecular complexity index is 1060. The van der Waals surface area contributed by atoms with Crippen molar-refractivity contribution in [2.75, 3.05) is 24.9 Å². The molecule has 3 rings (SSSR count). The Kier molecular flexibility index (Phi) is 5.84. The Morgan fingerprint density at radius 2 is 1.86 bits per heavy atom. The third kappa shape index (κ3) is 3.79. The van der Waals surface area contributed by atoms with E-state index < -0.39 is 34.8 Å². The van der Waals surface area contributed by atoms with E-state index in [-0.39, 0.29) is 16.3 Å². The predicted molar refractivity (Wildman–Crippen MR) is 103 cm³/mol. The van der Waals surface area contributed by atoms with Gasteiger partial charge in [-0.15, -0.1) is 0 Å². The molecule has 0 radical (unpaired) electrons. The molecule has 1 aliphatic heterocycles. The van der Waals surface area contributed by atoms with Crippen LogP contribution in [0.4, 0.5) is 14.5 Å². The summed E-state index contributed by atoms with van der Waals surface area (Å²) in [5.74, 6) is -3.34. The molecule has 0 aliphatic carbocycles. The highest BCUT2D eigenvalue weighted by Crippen LogP contribution is 2.40. The van der Waals surface area contributed by atoms with Crippen molar-refractivity contribution in [1.29, 1.82) is 5.26 Å². The average molecular weight is 416 g/mol. The molecule has 148 valence electrons. The SMILES string of the molecule is COC(=O)C(C#N)=C1SCC(=O)N1c1c(F)cc(-c2cccc(OC)c2)cc1F. The first-order valence-electron chi connectivity index (χ1n) is 8.23. The fourth-order valence-corrected chi connectivity index (χ4v) is 3.80. The summed E-state index contributed by atoms with van der Waals surface area (Å²) in [5, 5.41) is 9.09.